The van der Waals surface area contributed by atoms with Gasteiger partial charge in [0.25, 0.3) is 0 Å². The van der Waals surface area contributed by atoms with Crippen molar-refractivity contribution in [3.8, 4) is 6.07 Å². The monoisotopic (exact) mass is 283 g/mol. The molecule has 0 radical (unpaired) electrons. The summed E-state index contributed by atoms with van der Waals surface area (Å²) in [6.07, 6.45) is 6.73. The zero-order valence-corrected chi connectivity index (χ0v) is 11.8. The molecule has 2 heterocycles. The third-order valence-corrected chi connectivity index (χ3v) is 3.90. The molecule has 0 bridgehead atoms. The molecule has 6 nitrogen and oxygen atoms in total. The van der Waals surface area contributed by atoms with Crippen LogP contribution in [-0.4, -0.2) is 26.0 Å². The second-order valence-electron chi connectivity index (χ2n) is 5.50. The summed E-state index contributed by atoms with van der Waals surface area (Å²) in [6, 6.07) is 5.67. The Labute approximate surface area is 123 Å². The van der Waals surface area contributed by atoms with Crippen LogP contribution in [0, 0.1) is 17.2 Å². The third kappa shape index (κ3) is 2.88. The molecule has 1 fully saturated rings. The molecule has 0 saturated heterocycles. The van der Waals surface area contributed by atoms with Gasteiger partial charge in [0.1, 0.15) is 11.9 Å². The average Bonchev–Trinajstić information content (AvgIpc) is 2.89. The van der Waals surface area contributed by atoms with Crippen molar-refractivity contribution in [1.29, 1.82) is 5.26 Å². The normalized spacial score (nSPS) is 22.1. The highest BCUT2D eigenvalue weighted by Crippen LogP contribution is 2.39. The van der Waals surface area contributed by atoms with E-state index in [4.69, 9.17) is 5.26 Å². The summed E-state index contributed by atoms with van der Waals surface area (Å²) in [4.78, 5) is 4.26. The maximum absolute atomic E-state index is 9.55. The summed E-state index contributed by atoms with van der Waals surface area (Å²) in [6.45, 7) is 0. The molecular formula is C15H17N5O. The van der Waals surface area contributed by atoms with E-state index in [0.717, 1.165) is 24.2 Å². The molecule has 2 aromatic rings. The first kappa shape index (κ1) is 13.6. The zero-order chi connectivity index (χ0) is 14.8. The molecule has 0 unspecified atom stereocenters. The van der Waals surface area contributed by atoms with Crippen molar-refractivity contribution in [2.24, 2.45) is 13.0 Å². The van der Waals surface area contributed by atoms with Crippen LogP contribution in [0.25, 0.3) is 0 Å². The van der Waals surface area contributed by atoms with Crippen LogP contribution >= 0.6 is 0 Å². The highest BCUT2D eigenvalue weighted by atomic mass is 16.3. The number of aromatic nitrogens is 3. The van der Waals surface area contributed by atoms with Crippen molar-refractivity contribution >= 4 is 5.82 Å². The fourth-order valence-electron chi connectivity index (χ4n) is 2.68. The molecular weight excluding hydrogens is 266 g/mol. The minimum absolute atomic E-state index is 0.0718. The number of nitriles is 1. The Morgan fingerprint density at radius 2 is 2.24 bits per heavy atom. The molecule has 2 aromatic heterocycles. The summed E-state index contributed by atoms with van der Waals surface area (Å²) in [5.74, 6) is 1.09. The Hall–Kier alpha value is -2.39. The fraction of sp³-hybridized carbons (Fsp3) is 0.400. The zero-order valence-electron chi connectivity index (χ0n) is 11.8. The number of aliphatic hydroxyl groups is 1. The Morgan fingerprint density at radius 1 is 1.43 bits per heavy atom. The minimum Gasteiger partial charge on any atom is -0.393 e. The van der Waals surface area contributed by atoms with Crippen LogP contribution in [0.3, 0.4) is 0 Å². The van der Waals surface area contributed by atoms with E-state index in [2.05, 4.69) is 21.5 Å². The minimum atomic E-state index is -0.204. The van der Waals surface area contributed by atoms with Crippen molar-refractivity contribution in [3.63, 3.8) is 0 Å². The number of hydrogen-bond donors (Lipinski definition) is 2. The van der Waals surface area contributed by atoms with Gasteiger partial charge in [-0.2, -0.15) is 10.4 Å². The van der Waals surface area contributed by atoms with E-state index < -0.39 is 0 Å². The lowest BCUT2D eigenvalue weighted by atomic mass is 9.75. The van der Waals surface area contributed by atoms with Gasteiger partial charge in [0, 0.05) is 25.0 Å². The molecule has 1 atom stereocenters. The quantitative estimate of drug-likeness (QED) is 0.890. The van der Waals surface area contributed by atoms with Gasteiger partial charge in [-0.05, 0) is 30.9 Å². The second kappa shape index (κ2) is 5.54. The predicted molar refractivity (Wildman–Crippen MR) is 77.3 cm³/mol. The number of nitrogens with zero attached hydrogens (tertiary/aromatic N) is 4. The van der Waals surface area contributed by atoms with E-state index in [9.17, 15) is 5.11 Å². The molecule has 2 N–H and O–H groups in total. The largest absolute Gasteiger partial charge is 0.393 e. The van der Waals surface area contributed by atoms with E-state index in [1.165, 1.54) is 0 Å². The molecule has 108 valence electrons. The first-order valence-corrected chi connectivity index (χ1v) is 6.95. The first-order chi connectivity index (χ1) is 10.2. The van der Waals surface area contributed by atoms with Gasteiger partial charge in [-0.15, -0.1) is 0 Å². The van der Waals surface area contributed by atoms with Crippen LogP contribution in [0.4, 0.5) is 5.82 Å². The van der Waals surface area contributed by atoms with Crippen molar-refractivity contribution in [1.82, 2.24) is 14.8 Å². The maximum Gasteiger partial charge on any atom is 0.126 e. The molecule has 0 spiro atoms. The van der Waals surface area contributed by atoms with Crippen LogP contribution in [0.5, 0.6) is 0 Å². The van der Waals surface area contributed by atoms with E-state index in [1.807, 2.05) is 19.4 Å². The number of nitrogens with one attached hydrogen (secondary N) is 1. The highest BCUT2D eigenvalue weighted by molar-refractivity contribution is 5.41. The number of rotatable bonds is 4. The second-order valence-corrected chi connectivity index (χ2v) is 5.50. The average molecular weight is 283 g/mol. The summed E-state index contributed by atoms with van der Waals surface area (Å²) in [7, 11) is 1.89. The molecule has 1 saturated carbocycles. The molecule has 0 aromatic carbocycles. The van der Waals surface area contributed by atoms with Crippen LogP contribution in [0.15, 0.2) is 30.7 Å². The highest BCUT2D eigenvalue weighted by Gasteiger charge is 2.35. The fourth-order valence-corrected chi connectivity index (χ4v) is 2.68. The van der Waals surface area contributed by atoms with E-state index in [0.29, 0.717) is 11.5 Å². The topological polar surface area (TPSA) is 86.8 Å². The molecule has 1 aliphatic carbocycles. The molecule has 0 amide bonds. The van der Waals surface area contributed by atoms with Crippen molar-refractivity contribution in [2.75, 3.05) is 5.32 Å². The Balaban J connectivity index is 1.80. The number of hydrogen-bond acceptors (Lipinski definition) is 5. The lowest BCUT2D eigenvalue weighted by molar-refractivity contribution is 0.0339. The van der Waals surface area contributed by atoms with Gasteiger partial charge in [-0.3, -0.25) is 4.68 Å². The Kier molecular flexibility index (Phi) is 3.59. The third-order valence-electron chi connectivity index (χ3n) is 3.90. The lowest BCUT2D eigenvalue weighted by Gasteiger charge is -2.37. The molecule has 1 aliphatic rings. The molecule has 21 heavy (non-hydrogen) atoms. The van der Waals surface area contributed by atoms with Gasteiger partial charge in [0.15, 0.2) is 0 Å². The van der Waals surface area contributed by atoms with Crippen molar-refractivity contribution < 1.29 is 5.11 Å². The van der Waals surface area contributed by atoms with Crippen LogP contribution in [0.2, 0.25) is 0 Å². The van der Waals surface area contributed by atoms with E-state index in [-0.39, 0.29) is 12.1 Å². The Morgan fingerprint density at radius 3 is 2.76 bits per heavy atom. The number of aliphatic hydroxyl groups excluding tert-OH is 1. The first-order valence-electron chi connectivity index (χ1n) is 6.95. The van der Waals surface area contributed by atoms with Gasteiger partial charge in [-0.1, -0.05) is 0 Å². The number of pyridine rings is 1. The van der Waals surface area contributed by atoms with Gasteiger partial charge >= 0.3 is 0 Å². The van der Waals surface area contributed by atoms with Crippen LogP contribution < -0.4 is 5.32 Å². The van der Waals surface area contributed by atoms with Gasteiger partial charge in [-0.25, -0.2) is 4.98 Å². The van der Waals surface area contributed by atoms with Crippen LogP contribution in [-0.2, 0) is 7.05 Å². The summed E-state index contributed by atoms with van der Waals surface area (Å²) in [5.41, 5.74) is 1.62. The summed E-state index contributed by atoms with van der Waals surface area (Å²) < 4.78 is 1.77. The maximum atomic E-state index is 9.55. The SMILES string of the molecule is Cn1cc([C@@H](Nc2ccc(C#N)cn2)C2CC(O)C2)cn1. The summed E-state index contributed by atoms with van der Waals surface area (Å²) in [5, 5.41) is 26.0. The number of anilines is 1. The van der Waals surface area contributed by atoms with Crippen LogP contribution in [0.1, 0.15) is 30.0 Å². The predicted octanol–water partition coefficient (Wildman–Crippen LogP) is 1.61. The van der Waals surface area contributed by atoms with Crippen molar-refractivity contribution in [2.45, 2.75) is 25.0 Å². The number of aryl methyl sites for hydroxylation is 1. The van der Waals surface area contributed by atoms with E-state index >= 15 is 0 Å². The molecule has 6 heteroatoms. The standard InChI is InChI=1S/C15H17N5O/c1-20-9-12(8-18-20)15(11-4-13(21)5-11)19-14-3-2-10(6-16)7-17-14/h2-3,7-9,11,13,15,21H,4-5H2,1H3,(H,17,19)/t11?,13?,15-/m0/s1. The molecule has 3 rings (SSSR count). The van der Waals surface area contributed by atoms with Gasteiger partial charge < -0.3 is 10.4 Å². The molecule has 0 aliphatic heterocycles. The Bertz CT molecular complexity index is 651. The van der Waals surface area contributed by atoms with Gasteiger partial charge in [0.05, 0.1) is 23.9 Å². The summed E-state index contributed by atoms with van der Waals surface area (Å²) >= 11 is 0. The van der Waals surface area contributed by atoms with Crippen molar-refractivity contribution in [3.05, 3.63) is 41.9 Å². The lowest BCUT2D eigenvalue weighted by Crippen LogP contribution is -2.36. The smallest absolute Gasteiger partial charge is 0.126 e. The van der Waals surface area contributed by atoms with E-state index in [1.54, 1.807) is 23.0 Å². The van der Waals surface area contributed by atoms with Gasteiger partial charge in [0.2, 0.25) is 0 Å².